The van der Waals surface area contributed by atoms with Crippen LogP contribution in [0.5, 0.6) is 0 Å². The quantitative estimate of drug-likeness (QED) is 0.819. The van der Waals surface area contributed by atoms with Crippen molar-refractivity contribution < 1.29 is 4.79 Å². The minimum absolute atomic E-state index is 0.226. The summed E-state index contributed by atoms with van der Waals surface area (Å²) in [6.07, 6.45) is 3.40. The maximum absolute atomic E-state index is 11.4. The van der Waals surface area contributed by atoms with E-state index in [-0.39, 0.29) is 5.91 Å². The zero-order chi connectivity index (χ0) is 13.1. The largest absolute Gasteiger partial charge is 0.354 e. The van der Waals surface area contributed by atoms with Crippen molar-refractivity contribution in [1.82, 2.24) is 20.1 Å². The standard InChI is InChI=1S/C12H15N5O/c1-8-3-5-15-11(9(8)7-13)17-6-4-10(16-17)12(18)14-2/h3-6H,7,13H2,1-2H3,(H,14,18). The summed E-state index contributed by atoms with van der Waals surface area (Å²) in [5.41, 5.74) is 8.05. The van der Waals surface area contributed by atoms with Gasteiger partial charge in [-0.2, -0.15) is 5.10 Å². The van der Waals surface area contributed by atoms with Crippen molar-refractivity contribution in [3.05, 3.63) is 41.3 Å². The summed E-state index contributed by atoms with van der Waals surface area (Å²) in [7, 11) is 1.57. The van der Waals surface area contributed by atoms with Crippen LogP contribution < -0.4 is 11.1 Å². The van der Waals surface area contributed by atoms with E-state index in [1.54, 1.807) is 30.2 Å². The molecule has 2 aromatic heterocycles. The molecule has 2 rings (SSSR count). The highest BCUT2D eigenvalue weighted by molar-refractivity contribution is 5.91. The van der Waals surface area contributed by atoms with Gasteiger partial charge in [-0.05, 0) is 24.6 Å². The number of nitrogens with zero attached hydrogens (tertiary/aromatic N) is 3. The molecule has 0 aliphatic carbocycles. The number of nitrogens with two attached hydrogens (primary N) is 1. The Bertz CT molecular complexity index is 576. The van der Waals surface area contributed by atoms with E-state index in [2.05, 4.69) is 15.4 Å². The number of rotatable bonds is 3. The summed E-state index contributed by atoms with van der Waals surface area (Å²) >= 11 is 0. The van der Waals surface area contributed by atoms with Gasteiger partial charge in [-0.3, -0.25) is 4.79 Å². The highest BCUT2D eigenvalue weighted by Gasteiger charge is 2.12. The van der Waals surface area contributed by atoms with Crippen molar-refractivity contribution in [2.24, 2.45) is 5.73 Å². The molecule has 18 heavy (non-hydrogen) atoms. The van der Waals surface area contributed by atoms with Gasteiger partial charge in [0.05, 0.1) is 0 Å². The Balaban J connectivity index is 2.46. The average Bonchev–Trinajstić information content (AvgIpc) is 2.87. The molecular formula is C12H15N5O. The van der Waals surface area contributed by atoms with Crippen LogP contribution >= 0.6 is 0 Å². The highest BCUT2D eigenvalue weighted by Crippen LogP contribution is 2.14. The van der Waals surface area contributed by atoms with Gasteiger partial charge in [-0.1, -0.05) is 0 Å². The van der Waals surface area contributed by atoms with Crippen LogP contribution in [0.15, 0.2) is 24.5 Å². The smallest absolute Gasteiger partial charge is 0.271 e. The summed E-state index contributed by atoms with van der Waals surface area (Å²) in [6, 6.07) is 3.54. The molecule has 6 heteroatoms. The predicted molar refractivity (Wildman–Crippen MR) is 67.4 cm³/mol. The molecule has 0 radical (unpaired) electrons. The molecule has 2 heterocycles. The van der Waals surface area contributed by atoms with Crippen molar-refractivity contribution in [2.45, 2.75) is 13.5 Å². The van der Waals surface area contributed by atoms with Crippen molar-refractivity contribution in [1.29, 1.82) is 0 Å². The normalized spacial score (nSPS) is 10.4. The number of carbonyl (C=O) groups is 1. The third-order valence-electron chi connectivity index (χ3n) is 2.74. The summed E-state index contributed by atoms with van der Waals surface area (Å²) < 4.78 is 1.57. The Morgan fingerprint density at radius 3 is 2.94 bits per heavy atom. The predicted octanol–water partition coefficient (Wildman–Crippen LogP) is 0.394. The zero-order valence-electron chi connectivity index (χ0n) is 10.3. The highest BCUT2D eigenvalue weighted by atomic mass is 16.1. The molecule has 0 aliphatic heterocycles. The van der Waals surface area contributed by atoms with Crippen molar-refractivity contribution in [3.8, 4) is 5.82 Å². The van der Waals surface area contributed by atoms with E-state index < -0.39 is 0 Å². The van der Waals surface area contributed by atoms with Gasteiger partial charge in [0.2, 0.25) is 0 Å². The first-order valence-corrected chi connectivity index (χ1v) is 5.60. The number of hydrogen-bond acceptors (Lipinski definition) is 4. The first kappa shape index (κ1) is 12.3. The lowest BCUT2D eigenvalue weighted by molar-refractivity contribution is 0.0957. The Morgan fingerprint density at radius 2 is 2.28 bits per heavy atom. The Morgan fingerprint density at radius 1 is 1.50 bits per heavy atom. The second-order valence-corrected chi connectivity index (χ2v) is 3.86. The van der Waals surface area contributed by atoms with Gasteiger partial charge in [-0.25, -0.2) is 9.67 Å². The molecule has 0 bridgehead atoms. The fraction of sp³-hybridized carbons (Fsp3) is 0.250. The minimum atomic E-state index is -0.226. The molecule has 0 atom stereocenters. The molecule has 0 saturated heterocycles. The number of aromatic nitrogens is 3. The first-order chi connectivity index (χ1) is 8.67. The number of hydrogen-bond donors (Lipinski definition) is 2. The maximum Gasteiger partial charge on any atom is 0.271 e. The van der Waals surface area contributed by atoms with Gasteiger partial charge in [-0.15, -0.1) is 0 Å². The lowest BCUT2D eigenvalue weighted by Crippen LogP contribution is -2.19. The molecule has 94 valence electrons. The summed E-state index contributed by atoms with van der Waals surface area (Å²) in [5.74, 6) is 0.434. The van der Waals surface area contributed by atoms with Crippen LogP contribution in [0.3, 0.4) is 0 Å². The molecule has 2 aromatic rings. The van der Waals surface area contributed by atoms with E-state index in [1.165, 1.54) is 0 Å². The van der Waals surface area contributed by atoms with Crippen LogP contribution in [-0.4, -0.2) is 27.7 Å². The van der Waals surface area contributed by atoms with Crippen molar-refractivity contribution in [2.75, 3.05) is 7.05 Å². The minimum Gasteiger partial charge on any atom is -0.354 e. The zero-order valence-corrected chi connectivity index (χ0v) is 10.3. The number of nitrogens with one attached hydrogen (secondary N) is 1. The summed E-state index contributed by atoms with van der Waals surface area (Å²) in [5, 5.41) is 6.71. The molecule has 1 amide bonds. The molecule has 0 unspecified atom stereocenters. The van der Waals surface area contributed by atoms with Crippen molar-refractivity contribution in [3.63, 3.8) is 0 Å². The molecule has 0 aromatic carbocycles. The van der Waals surface area contributed by atoms with E-state index in [0.717, 1.165) is 11.1 Å². The van der Waals surface area contributed by atoms with Gasteiger partial charge >= 0.3 is 0 Å². The second kappa shape index (κ2) is 4.97. The van der Waals surface area contributed by atoms with Gasteiger partial charge in [0.25, 0.3) is 5.91 Å². The molecule has 6 nitrogen and oxygen atoms in total. The SMILES string of the molecule is CNC(=O)c1ccn(-c2nccc(C)c2CN)n1. The summed E-state index contributed by atoms with van der Waals surface area (Å²) in [4.78, 5) is 15.7. The molecule has 0 fully saturated rings. The molecule has 0 spiro atoms. The van der Waals surface area contributed by atoms with Crippen LogP contribution in [-0.2, 0) is 6.54 Å². The van der Waals surface area contributed by atoms with E-state index in [0.29, 0.717) is 18.1 Å². The fourth-order valence-corrected chi connectivity index (χ4v) is 1.72. The van der Waals surface area contributed by atoms with Crippen LogP contribution in [0.25, 0.3) is 5.82 Å². The summed E-state index contributed by atoms with van der Waals surface area (Å²) in [6.45, 7) is 2.35. The Labute approximate surface area is 105 Å². The van der Waals surface area contributed by atoms with Crippen LogP contribution in [0, 0.1) is 6.92 Å². The van der Waals surface area contributed by atoms with Crippen molar-refractivity contribution >= 4 is 5.91 Å². The van der Waals surface area contributed by atoms with E-state index in [1.807, 2.05) is 13.0 Å². The average molecular weight is 245 g/mol. The molecular weight excluding hydrogens is 230 g/mol. The van der Waals surface area contributed by atoms with E-state index >= 15 is 0 Å². The molecule has 3 N–H and O–H groups in total. The number of aryl methyl sites for hydroxylation is 1. The van der Waals surface area contributed by atoms with E-state index in [9.17, 15) is 4.79 Å². The first-order valence-electron chi connectivity index (χ1n) is 5.60. The fourth-order valence-electron chi connectivity index (χ4n) is 1.72. The third kappa shape index (κ3) is 2.10. The topological polar surface area (TPSA) is 85.8 Å². The van der Waals surface area contributed by atoms with Crippen LogP contribution in [0.4, 0.5) is 0 Å². The molecule has 0 saturated carbocycles. The second-order valence-electron chi connectivity index (χ2n) is 3.86. The van der Waals surface area contributed by atoms with Crippen LogP contribution in [0.1, 0.15) is 21.6 Å². The Kier molecular flexibility index (Phi) is 3.38. The third-order valence-corrected chi connectivity index (χ3v) is 2.74. The lowest BCUT2D eigenvalue weighted by atomic mass is 10.1. The lowest BCUT2D eigenvalue weighted by Gasteiger charge is -2.09. The van der Waals surface area contributed by atoms with Gasteiger partial charge in [0, 0.05) is 31.5 Å². The number of carbonyl (C=O) groups excluding carboxylic acids is 1. The Hall–Kier alpha value is -2.21. The monoisotopic (exact) mass is 245 g/mol. The molecule has 0 aliphatic rings. The number of pyridine rings is 1. The number of amides is 1. The van der Waals surface area contributed by atoms with Gasteiger partial charge < -0.3 is 11.1 Å². The van der Waals surface area contributed by atoms with Crippen LogP contribution in [0.2, 0.25) is 0 Å². The van der Waals surface area contributed by atoms with E-state index in [4.69, 9.17) is 5.73 Å². The van der Waals surface area contributed by atoms with Gasteiger partial charge in [0.15, 0.2) is 11.5 Å². The van der Waals surface area contributed by atoms with Gasteiger partial charge in [0.1, 0.15) is 0 Å². The maximum atomic E-state index is 11.4.